The first-order chi connectivity index (χ1) is 7.66. The van der Waals surface area contributed by atoms with Crippen LogP contribution in [0.2, 0.25) is 0 Å². The van der Waals surface area contributed by atoms with Crippen molar-refractivity contribution in [1.82, 2.24) is 19.7 Å². The van der Waals surface area contributed by atoms with Crippen LogP contribution >= 0.6 is 11.3 Å². The molecular formula is C8H9N5O2S. The van der Waals surface area contributed by atoms with Gasteiger partial charge in [0.25, 0.3) is 0 Å². The van der Waals surface area contributed by atoms with E-state index in [2.05, 4.69) is 20.5 Å². The van der Waals surface area contributed by atoms with E-state index in [1.165, 1.54) is 16.7 Å². The van der Waals surface area contributed by atoms with E-state index < -0.39 is 5.97 Å². The molecule has 0 aliphatic heterocycles. The number of aromatic carboxylic acids is 1. The molecule has 0 amide bonds. The number of aromatic nitrogens is 4. The molecule has 7 nitrogen and oxygen atoms in total. The Morgan fingerprint density at radius 2 is 2.50 bits per heavy atom. The monoisotopic (exact) mass is 239 g/mol. The van der Waals surface area contributed by atoms with E-state index in [4.69, 9.17) is 5.11 Å². The highest BCUT2D eigenvalue weighted by atomic mass is 32.1. The normalized spacial score (nSPS) is 10.3. The summed E-state index contributed by atoms with van der Waals surface area (Å²) in [6, 6.07) is 0. The Balaban J connectivity index is 2.00. The molecule has 0 radical (unpaired) electrons. The molecule has 0 aliphatic rings. The van der Waals surface area contributed by atoms with Gasteiger partial charge in [-0.05, 0) is 0 Å². The maximum absolute atomic E-state index is 10.6. The van der Waals surface area contributed by atoms with Gasteiger partial charge in [-0.25, -0.2) is 9.78 Å². The molecule has 0 atom stereocenters. The average molecular weight is 239 g/mol. The van der Waals surface area contributed by atoms with Crippen molar-refractivity contribution in [2.45, 2.75) is 6.54 Å². The van der Waals surface area contributed by atoms with Crippen LogP contribution in [0.15, 0.2) is 11.7 Å². The number of hydrogen-bond acceptors (Lipinski definition) is 6. The maximum Gasteiger partial charge on any atom is 0.355 e. The molecule has 2 heterocycles. The molecule has 0 bridgehead atoms. The van der Waals surface area contributed by atoms with E-state index in [1.807, 2.05) is 7.05 Å². The Labute approximate surface area is 94.8 Å². The summed E-state index contributed by atoms with van der Waals surface area (Å²) >= 11 is 1.25. The zero-order valence-electron chi connectivity index (χ0n) is 8.41. The van der Waals surface area contributed by atoms with Crippen LogP contribution in [0.1, 0.15) is 16.3 Å². The number of thiazole rings is 1. The smallest absolute Gasteiger partial charge is 0.355 e. The Bertz CT molecular complexity index is 506. The van der Waals surface area contributed by atoms with Crippen molar-refractivity contribution in [2.75, 3.05) is 5.32 Å². The van der Waals surface area contributed by atoms with Gasteiger partial charge in [0.05, 0.1) is 6.54 Å². The fraction of sp³-hybridized carbons (Fsp3) is 0.250. The average Bonchev–Trinajstić information content (AvgIpc) is 2.83. The number of nitrogens with zero attached hydrogens (tertiary/aromatic N) is 4. The molecule has 84 valence electrons. The van der Waals surface area contributed by atoms with Gasteiger partial charge >= 0.3 is 5.97 Å². The highest BCUT2D eigenvalue weighted by Crippen LogP contribution is 2.15. The molecule has 0 saturated heterocycles. The minimum atomic E-state index is -1.03. The largest absolute Gasteiger partial charge is 0.476 e. The van der Waals surface area contributed by atoms with Gasteiger partial charge in [-0.2, -0.15) is 0 Å². The Kier molecular flexibility index (Phi) is 2.82. The summed E-state index contributed by atoms with van der Waals surface area (Å²) in [5, 5.41) is 21.3. The number of aryl methyl sites for hydroxylation is 1. The van der Waals surface area contributed by atoms with Crippen LogP contribution in [0, 0.1) is 0 Å². The number of carbonyl (C=O) groups is 1. The number of hydrogen-bond donors (Lipinski definition) is 2. The second-order valence-corrected chi connectivity index (χ2v) is 3.91. The van der Waals surface area contributed by atoms with Crippen LogP contribution < -0.4 is 5.32 Å². The first-order valence-corrected chi connectivity index (χ1v) is 5.30. The second kappa shape index (κ2) is 4.27. The first kappa shape index (κ1) is 10.6. The van der Waals surface area contributed by atoms with Crippen LogP contribution in [0.25, 0.3) is 0 Å². The molecule has 2 aromatic heterocycles. The van der Waals surface area contributed by atoms with E-state index >= 15 is 0 Å². The lowest BCUT2D eigenvalue weighted by Crippen LogP contribution is -2.06. The standard InChI is InChI=1S/C8H9N5O2S/c1-13-4-10-12-6(13)2-9-8-11-5(3-16-8)7(14)15/h3-4H,2H2,1H3,(H,9,11)(H,14,15). The van der Waals surface area contributed by atoms with Crippen LogP contribution in [0.3, 0.4) is 0 Å². The Morgan fingerprint density at radius 1 is 1.69 bits per heavy atom. The van der Waals surface area contributed by atoms with Crippen molar-refractivity contribution < 1.29 is 9.90 Å². The van der Waals surface area contributed by atoms with Gasteiger partial charge in [-0.3, -0.25) is 0 Å². The third-order valence-electron chi connectivity index (χ3n) is 1.93. The summed E-state index contributed by atoms with van der Waals surface area (Å²) < 4.78 is 1.78. The van der Waals surface area contributed by atoms with Crippen molar-refractivity contribution in [3.8, 4) is 0 Å². The molecule has 0 unspecified atom stereocenters. The van der Waals surface area contributed by atoms with Crippen LogP contribution in [0.5, 0.6) is 0 Å². The lowest BCUT2D eigenvalue weighted by atomic mass is 10.5. The van der Waals surface area contributed by atoms with E-state index in [9.17, 15) is 4.79 Å². The minimum Gasteiger partial charge on any atom is -0.476 e. The van der Waals surface area contributed by atoms with E-state index in [0.29, 0.717) is 11.7 Å². The number of rotatable bonds is 4. The molecule has 2 rings (SSSR count). The molecule has 2 N–H and O–H groups in total. The minimum absolute atomic E-state index is 0.0467. The third-order valence-corrected chi connectivity index (χ3v) is 2.73. The molecular weight excluding hydrogens is 230 g/mol. The summed E-state index contributed by atoms with van der Waals surface area (Å²) in [5.41, 5.74) is 0.0467. The molecule has 0 saturated carbocycles. The van der Waals surface area contributed by atoms with Gasteiger partial charge in [0.1, 0.15) is 6.33 Å². The number of carboxylic acid groups (broad SMARTS) is 1. The van der Waals surface area contributed by atoms with Crippen molar-refractivity contribution >= 4 is 22.4 Å². The van der Waals surface area contributed by atoms with E-state index in [-0.39, 0.29) is 5.69 Å². The van der Waals surface area contributed by atoms with Crippen molar-refractivity contribution in [2.24, 2.45) is 7.05 Å². The van der Waals surface area contributed by atoms with Gasteiger partial charge in [-0.1, -0.05) is 0 Å². The highest BCUT2D eigenvalue weighted by Gasteiger charge is 2.08. The van der Waals surface area contributed by atoms with Crippen molar-refractivity contribution in [3.05, 3.63) is 23.2 Å². The van der Waals surface area contributed by atoms with Crippen molar-refractivity contribution in [3.63, 3.8) is 0 Å². The molecule has 0 aliphatic carbocycles. The topological polar surface area (TPSA) is 92.9 Å². The van der Waals surface area contributed by atoms with Crippen LogP contribution in [-0.2, 0) is 13.6 Å². The highest BCUT2D eigenvalue weighted by molar-refractivity contribution is 7.13. The lowest BCUT2D eigenvalue weighted by molar-refractivity contribution is 0.0691. The number of nitrogens with one attached hydrogen (secondary N) is 1. The quantitative estimate of drug-likeness (QED) is 0.810. The van der Waals surface area contributed by atoms with Gasteiger partial charge < -0.3 is 15.0 Å². The SMILES string of the molecule is Cn1cnnc1CNc1nc(C(=O)O)cs1. The fourth-order valence-electron chi connectivity index (χ4n) is 1.07. The summed E-state index contributed by atoms with van der Waals surface area (Å²) in [7, 11) is 1.83. The molecule has 0 spiro atoms. The van der Waals surface area contributed by atoms with Gasteiger partial charge in [-0.15, -0.1) is 21.5 Å². The summed E-state index contributed by atoms with van der Waals surface area (Å²) in [6.07, 6.45) is 1.60. The predicted molar refractivity (Wildman–Crippen MR) is 57.4 cm³/mol. The molecule has 8 heteroatoms. The molecule has 16 heavy (non-hydrogen) atoms. The Hall–Kier alpha value is -1.96. The second-order valence-electron chi connectivity index (χ2n) is 3.05. The van der Waals surface area contributed by atoms with Crippen LogP contribution in [0.4, 0.5) is 5.13 Å². The zero-order chi connectivity index (χ0) is 11.5. The van der Waals surface area contributed by atoms with Crippen molar-refractivity contribution in [1.29, 1.82) is 0 Å². The van der Waals surface area contributed by atoms with Crippen LogP contribution in [-0.4, -0.2) is 30.8 Å². The van der Waals surface area contributed by atoms with Gasteiger partial charge in [0, 0.05) is 12.4 Å². The lowest BCUT2D eigenvalue weighted by Gasteiger charge is -2.00. The van der Waals surface area contributed by atoms with Gasteiger partial charge in [0.15, 0.2) is 16.6 Å². The zero-order valence-corrected chi connectivity index (χ0v) is 9.23. The maximum atomic E-state index is 10.6. The third kappa shape index (κ3) is 2.16. The number of anilines is 1. The first-order valence-electron chi connectivity index (χ1n) is 4.42. The summed E-state index contributed by atoms with van der Waals surface area (Å²) in [5.74, 6) is -0.268. The fourth-order valence-corrected chi connectivity index (χ4v) is 1.76. The molecule has 0 fully saturated rings. The Morgan fingerprint density at radius 3 is 3.06 bits per heavy atom. The van der Waals surface area contributed by atoms with Gasteiger partial charge in [0.2, 0.25) is 0 Å². The number of carboxylic acids is 1. The molecule has 2 aromatic rings. The summed E-state index contributed by atoms with van der Waals surface area (Å²) in [6.45, 7) is 0.461. The predicted octanol–water partition coefficient (Wildman–Crippen LogP) is 0.582. The van der Waals surface area contributed by atoms with E-state index in [0.717, 1.165) is 5.82 Å². The summed E-state index contributed by atoms with van der Waals surface area (Å²) in [4.78, 5) is 14.5. The molecule has 0 aromatic carbocycles. The van der Waals surface area contributed by atoms with E-state index in [1.54, 1.807) is 10.9 Å².